The van der Waals surface area contributed by atoms with Gasteiger partial charge < -0.3 is 24.5 Å². The third-order valence-corrected chi connectivity index (χ3v) is 8.56. The molecule has 260 valence electrons. The molecule has 1 amide bonds. The molecule has 1 saturated heterocycles. The number of rotatable bonds is 23. The smallest absolute Gasteiger partial charge is 0.328 e. The number of carbonyl (C=O) groups is 4. The summed E-state index contributed by atoms with van der Waals surface area (Å²) in [6, 6.07) is 6.49. The molecule has 1 unspecified atom stereocenters. The van der Waals surface area contributed by atoms with Gasteiger partial charge in [0.25, 0.3) is 0 Å². The number of para-hydroxylation sites is 1. The summed E-state index contributed by atoms with van der Waals surface area (Å²) in [6.07, 6.45) is 13.9. The van der Waals surface area contributed by atoms with Crippen LogP contribution in [0.15, 0.2) is 29.1 Å². The van der Waals surface area contributed by atoms with Crippen molar-refractivity contribution in [1.29, 1.82) is 0 Å². The third-order valence-electron chi connectivity index (χ3n) is 8.56. The average Bonchev–Trinajstić information content (AvgIpc) is 3.45. The largest absolute Gasteiger partial charge is 0.464 e. The van der Waals surface area contributed by atoms with E-state index in [1.54, 1.807) is 12.1 Å². The van der Waals surface area contributed by atoms with Gasteiger partial charge in [0, 0.05) is 30.2 Å². The topological polar surface area (TPSA) is 141 Å². The first-order chi connectivity index (χ1) is 22.8. The van der Waals surface area contributed by atoms with Gasteiger partial charge in [-0.1, -0.05) is 90.2 Å². The Kier molecular flexibility index (Phi) is 17.1. The molecule has 2 heterocycles. The predicted octanol–water partition coefficient (Wildman–Crippen LogP) is 6.99. The first-order valence-corrected chi connectivity index (χ1v) is 17.8. The molecule has 1 aliphatic rings. The number of aromatic nitrogens is 1. The number of unbranched alkanes of at least 4 members (excludes halogenated alkanes) is 10. The normalized spacial score (nSPS) is 14.9. The second kappa shape index (κ2) is 21.2. The summed E-state index contributed by atoms with van der Waals surface area (Å²) in [5.41, 5.74) is 0.981. The van der Waals surface area contributed by atoms with Crippen LogP contribution in [0.1, 0.15) is 135 Å². The van der Waals surface area contributed by atoms with E-state index in [4.69, 9.17) is 14.2 Å². The Hall–Kier alpha value is -3.69. The molecule has 0 saturated carbocycles. The van der Waals surface area contributed by atoms with Crippen LogP contribution < -0.4 is 15.5 Å². The number of nitrogens with one attached hydrogen (secondary N) is 2. The number of aromatic amines is 1. The fourth-order valence-electron chi connectivity index (χ4n) is 5.86. The SMILES string of the molecule is CCCCCCCCCC(CC(=O)N[C@H]1CCOC1=O)OC(=O)CCCC(=O)Oc1c(CCCCCCC)[nH]c2ccccc2c1=O. The highest BCUT2D eigenvalue weighted by atomic mass is 16.5. The van der Waals surface area contributed by atoms with Crippen LogP contribution in [0.4, 0.5) is 0 Å². The predicted molar refractivity (Wildman–Crippen MR) is 181 cm³/mol. The highest BCUT2D eigenvalue weighted by molar-refractivity contribution is 5.86. The first-order valence-electron chi connectivity index (χ1n) is 17.8. The number of esters is 3. The third kappa shape index (κ3) is 13.5. The second-order valence-corrected chi connectivity index (χ2v) is 12.6. The molecule has 0 spiro atoms. The minimum absolute atomic E-state index is 0.0266. The second-order valence-electron chi connectivity index (χ2n) is 12.6. The fraction of sp³-hybridized carbons (Fsp3) is 0.649. The molecule has 2 N–H and O–H groups in total. The van der Waals surface area contributed by atoms with E-state index in [0.29, 0.717) is 35.9 Å². The van der Waals surface area contributed by atoms with Crippen LogP contribution >= 0.6 is 0 Å². The quantitative estimate of drug-likeness (QED) is 0.0965. The molecule has 10 nitrogen and oxygen atoms in total. The molecule has 0 bridgehead atoms. The molecule has 0 radical (unpaired) electrons. The van der Waals surface area contributed by atoms with Crippen LogP contribution in [-0.2, 0) is 35.1 Å². The van der Waals surface area contributed by atoms with Crippen LogP contribution in [0.5, 0.6) is 5.75 Å². The van der Waals surface area contributed by atoms with Gasteiger partial charge in [-0.05, 0) is 44.2 Å². The van der Waals surface area contributed by atoms with Gasteiger partial charge in [-0.15, -0.1) is 0 Å². The highest BCUT2D eigenvalue weighted by Crippen LogP contribution is 2.21. The number of pyridine rings is 1. The number of hydrogen-bond acceptors (Lipinski definition) is 8. The molecule has 1 aromatic heterocycles. The van der Waals surface area contributed by atoms with Crippen molar-refractivity contribution in [2.45, 2.75) is 148 Å². The lowest BCUT2D eigenvalue weighted by molar-refractivity contribution is -0.151. The van der Waals surface area contributed by atoms with Crippen molar-refractivity contribution in [3.05, 3.63) is 40.2 Å². The highest BCUT2D eigenvalue weighted by Gasteiger charge is 2.29. The number of hydrogen-bond donors (Lipinski definition) is 2. The van der Waals surface area contributed by atoms with Crippen molar-refractivity contribution in [2.75, 3.05) is 6.61 Å². The maximum Gasteiger partial charge on any atom is 0.328 e. The van der Waals surface area contributed by atoms with Crippen molar-refractivity contribution in [3.63, 3.8) is 0 Å². The van der Waals surface area contributed by atoms with Crippen molar-refractivity contribution in [1.82, 2.24) is 10.3 Å². The van der Waals surface area contributed by atoms with Crippen molar-refractivity contribution in [2.24, 2.45) is 0 Å². The van der Waals surface area contributed by atoms with Gasteiger partial charge in [0.1, 0.15) is 12.1 Å². The average molecular weight is 655 g/mol. The minimum atomic E-state index is -0.667. The zero-order valence-corrected chi connectivity index (χ0v) is 28.4. The van der Waals surface area contributed by atoms with Crippen LogP contribution in [-0.4, -0.2) is 47.6 Å². The number of aryl methyl sites for hydroxylation is 1. The number of H-pyrrole nitrogens is 1. The lowest BCUT2D eigenvalue weighted by Crippen LogP contribution is -2.39. The summed E-state index contributed by atoms with van der Waals surface area (Å²) in [7, 11) is 0. The van der Waals surface area contributed by atoms with Gasteiger partial charge in [-0.25, -0.2) is 4.79 Å². The summed E-state index contributed by atoms with van der Waals surface area (Å²) in [5.74, 6) is -1.88. The van der Waals surface area contributed by atoms with E-state index in [-0.39, 0.29) is 49.4 Å². The molecule has 2 aromatic rings. The van der Waals surface area contributed by atoms with E-state index in [0.717, 1.165) is 57.8 Å². The monoisotopic (exact) mass is 654 g/mol. The number of fused-ring (bicyclic) bond motifs is 1. The summed E-state index contributed by atoms with van der Waals surface area (Å²) < 4.78 is 16.2. The summed E-state index contributed by atoms with van der Waals surface area (Å²) in [4.78, 5) is 66.7. The fourth-order valence-corrected chi connectivity index (χ4v) is 5.86. The Morgan fingerprint density at radius 3 is 2.23 bits per heavy atom. The molecule has 10 heteroatoms. The maximum absolute atomic E-state index is 13.3. The number of carbonyl (C=O) groups excluding carboxylic acids is 4. The Morgan fingerprint density at radius 1 is 0.872 bits per heavy atom. The van der Waals surface area contributed by atoms with Gasteiger partial charge >= 0.3 is 17.9 Å². The Balaban J connectivity index is 1.52. The molecular weight excluding hydrogens is 600 g/mol. The molecule has 3 rings (SSSR count). The Morgan fingerprint density at radius 2 is 1.53 bits per heavy atom. The van der Waals surface area contributed by atoms with E-state index in [1.165, 1.54) is 19.3 Å². The number of ether oxygens (including phenoxy) is 3. The van der Waals surface area contributed by atoms with E-state index in [9.17, 15) is 24.0 Å². The Bertz CT molecular complexity index is 1350. The molecule has 1 fully saturated rings. The molecular formula is C37H54N2O8. The Labute approximate surface area is 278 Å². The first kappa shape index (κ1) is 37.8. The number of benzene rings is 1. The van der Waals surface area contributed by atoms with Gasteiger partial charge in [0.05, 0.1) is 18.7 Å². The lowest BCUT2D eigenvalue weighted by atomic mass is 10.0. The van der Waals surface area contributed by atoms with Gasteiger partial charge in [0.15, 0.2) is 5.75 Å². The standard InChI is InChI=1S/C37H54N2O8/c1-3-5-7-9-10-12-13-18-27(26-32(40)39-31-24-25-45-37(31)44)46-33(41)22-17-23-34(42)47-36-30(21-14-11-8-6-4-2)38-29-20-16-15-19-28(29)35(36)43/h15-16,19-20,27,31H,3-14,17-18,21-26H2,1-2H3,(H,38,43)(H,39,40)/t27?,31-/m0/s1. The molecule has 2 atom stereocenters. The molecule has 47 heavy (non-hydrogen) atoms. The zero-order valence-electron chi connectivity index (χ0n) is 28.4. The minimum Gasteiger partial charge on any atom is -0.464 e. The number of cyclic esters (lactones) is 1. The van der Waals surface area contributed by atoms with Crippen molar-refractivity contribution >= 4 is 34.7 Å². The lowest BCUT2D eigenvalue weighted by Gasteiger charge is -2.19. The van der Waals surface area contributed by atoms with Crippen LogP contribution in [0.25, 0.3) is 10.9 Å². The number of amides is 1. The maximum atomic E-state index is 13.3. The van der Waals surface area contributed by atoms with E-state index in [1.807, 2.05) is 12.1 Å². The molecule has 1 aromatic carbocycles. The van der Waals surface area contributed by atoms with Crippen LogP contribution in [0, 0.1) is 0 Å². The van der Waals surface area contributed by atoms with Gasteiger partial charge in [-0.2, -0.15) is 0 Å². The van der Waals surface area contributed by atoms with Crippen LogP contribution in [0.3, 0.4) is 0 Å². The molecule has 0 aliphatic carbocycles. The zero-order chi connectivity index (χ0) is 33.9. The van der Waals surface area contributed by atoms with Crippen LogP contribution in [0.2, 0.25) is 0 Å². The van der Waals surface area contributed by atoms with Crippen molar-refractivity contribution < 1.29 is 33.4 Å². The van der Waals surface area contributed by atoms with E-state index >= 15 is 0 Å². The van der Waals surface area contributed by atoms with Crippen molar-refractivity contribution in [3.8, 4) is 5.75 Å². The van der Waals surface area contributed by atoms with E-state index in [2.05, 4.69) is 24.1 Å². The summed E-state index contributed by atoms with van der Waals surface area (Å²) in [5, 5.41) is 3.14. The summed E-state index contributed by atoms with van der Waals surface area (Å²) >= 11 is 0. The van der Waals surface area contributed by atoms with Gasteiger partial charge in [-0.3, -0.25) is 19.2 Å². The summed E-state index contributed by atoms with van der Waals surface area (Å²) in [6.45, 7) is 4.61. The molecule has 1 aliphatic heterocycles. The van der Waals surface area contributed by atoms with E-state index < -0.39 is 30.1 Å². The van der Waals surface area contributed by atoms with Gasteiger partial charge in [0.2, 0.25) is 11.3 Å².